The van der Waals surface area contributed by atoms with Gasteiger partial charge in [-0.3, -0.25) is 9.59 Å². The molecule has 6 heteroatoms. The molecule has 0 rings (SSSR count). The van der Waals surface area contributed by atoms with Crippen molar-refractivity contribution in [3.63, 3.8) is 0 Å². The standard InChI is InChI=1S/C14H28N2O4/c1-3-4-5-6-14(18)16-8-10-20-12-11-19-9-7-15-13(2)17/h3-12H2,1-2H3,(H,15,17)(H,16,18). The van der Waals surface area contributed by atoms with E-state index < -0.39 is 0 Å². The van der Waals surface area contributed by atoms with Crippen LogP contribution in [0.5, 0.6) is 0 Å². The molecule has 0 unspecified atom stereocenters. The Hall–Kier alpha value is -1.14. The quantitative estimate of drug-likeness (QED) is 0.493. The number of amides is 2. The van der Waals surface area contributed by atoms with E-state index in [1.165, 1.54) is 6.92 Å². The minimum atomic E-state index is -0.0560. The molecule has 2 N–H and O–H groups in total. The lowest BCUT2D eigenvalue weighted by atomic mass is 10.2. The number of nitrogens with one attached hydrogen (secondary N) is 2. The maximum absolute atomic E-state index is 11.4. The van der Waals surface area contributed by atoms with E-state index in [0.29, 0.717) is 45.9 Å². The smallest absolute Gasteiger partial charge is 0.220 e. The molecule has 0 radical (unpaired) electrons. The summed E-state index contributed by atoms with van der Waals surface area (Å²) in [7, 11) is 0. The van der Waals surface area contributed by atoms with Gasteiger partial charge in [0, 0.05) is 26.4 Å². The molecule has 2 amide bonds. The van der Waals surface area contributed by atoms with E-state index in [1.807, 2.05) is 0 Å². The van der Waals surface area contributed by atoms with Crippen LogP contribution >= 0.6 is 0 Å². The zero-order chi connectivity index (χ0) is 15.1. The number of carbonyl (C=O) groups excluding carboxylic acids is 2. The molecular formula is C14H28N2O4. The molecule has 0 aliphatic carbocycles. The van der Waals surface area contributed by atoms with Gasteiger partial charge in [-0.1, -0.05) is 19.8 Å². The third kappa shape index (κ3) is 14.9. The third-order valence-electron chi connectivity index (χ3n) is 2.57. The molecule has 0 fully saturated rings. The van der Waals surface area contributed by atoms with E-state index in [0.717, 1.165) is 19.3 Å². The molecule has 6 nitrogen and oxygen atoms in total. The summed E-state index contributed by atoms with van der Waals surface area (Å²) in [5.74, 6) is 0.0353. The Balaban J connectivity index is 3.12. The molecule has 0 heterocycles. The van der Waals surface area contributed by atoms with Gasteiger partial charge in [-0.15, -0.1) is 0 Å². The van der Waals surface area contributed by atoms with Crippen molar-refractivity contribution in [3.8, 4) is 0 Å². The Labute approximate surface area is 121 Å². The maximum atomic E-state index is 11.4. The van der Waals surface area contributed by atoms with Crippen LogP contribution in [0.4, 0.5) is 0 Å². The molecular weight excluding hydrogens is 260 g/mol. The minimum Gasteiger partial charge on any atom is -0.377 e. The van der Waals surface area contributed by atoms with Crippen molar-refractivity contribution < 1.29 is 19.1 Å². The van der Waals surface area contributed by atoms with Crippen LogP contribution in [0.25, 0.3) is 0 Å². The van der Waals surface area contributed by atoms with Crippen LogP contribution in [0.15, 0.2) is 0 Å². The molecule has 20 heavy (non-hydrogen) atoms. The summed E-state index contributed by atoms with van der Waals surface area (Å²) in [4.78, 5) is 21.9. The summed E-state index contributed by atoms with van der Waals surface area (Å²) in [6.45, 7) is 6.60. The molecule has 0 saturated carbocycles. The average molecular weight is 288 g/mol. The van der Waals surface area contributed by atoms with E-state index in [9.17, 15) is 9.59 Å². The Morgan fingerprint density at radius 3 is 2.05 bits per heavy atom. The van der Waals surface area contributed by atoms with Crippen molar-refractivity contribution in [2.75, 3.05) is 39.5 Å². The SMILES string of the molecule is CCCCCC(=O)NCCOCCOCCNC(C)=O. The van der Waals surface area contributed by atoms with Gasteiger partial charge in [-0.25, -0.2) is 0 Å². The summed E-state index contributed by atoms with van der Waals surface area (Å²) >= 11 is 0. The Bertz CT molecular complexity index is 260. The maximum Gasteiger partial charge on any atom is 0.220 e. The molecule has 0 aromatic carbocycles. The fourth-order valence-corrected chi connectivity index (χ4v) is 1.51. The highest BCUT2D eigenvalue weighted by Gasteiger charge is 1.99. The van der Waals surface area contributed by atoms with Gasteiger partial charge in [0.1, 0.15) is 0 Å². The lowest BCUT2D eigenvalue weighted by molar-refractivity contribution is -0.121. The second kappa shape index (κ2) is 14.3. The fraction of sp³-hybridized carbons (Fsp3) is 0.857. The lowest BCUT2D eigenvalue weighted by Gasteiger charge is -2.07. The van der Waals surface area contributed by atoms with E-state index in [2.05, 4.69) is 17.6 Å². The molecule has 0 atom stereocenters. The summed E-state index contributed by atoms with van der Waals surface area (Å²) in [5, 5.41) is 5.45. The zero-order valence-electron chi connectivity index (χ0n) is 12.7. The van der Waals surface area contributed by atoms with Crippen LogP contribution < -0.4 is 10.6 Å². The van der Waals surface area contributed by atoms with Crippen LogP contribution in [-0.2, 0) is 19.1 Å². The third-order valence-corrected chi connectivity index (χ3v) is 2.57. The number of unbranched alkanes of at least 4 members (excludes halogenated alkanes) is 2. The van der Waals surface area contributed by atoms with E-state index in [-0.39, 0.29) is 11.8 Å². The second-order valence-electron chi connectivity index (χ2n) is 4.51. The largest absolute Gasteiger partial charge is 0.377 e. The van der Waals surface area contributed by atoms with Gasteiger partial charge in [0.15, 0.2) is 0 Å². The molecule has 0 aliphatic rings. The van der Waals surface area contributed by atoms with Crippen molar-refractivity contribution >= 4 is 11.8 Å². The summed E-state index contributed by atoms with van der Waals surface area (Å²) in [6, 6.07) is 0. The van der Waals surface area contributed by atoms with Crippen LogP contribution in [0, 0.1) is 0 Å². The highest BCUT2D eigenvalue weighted by Crippen LogP contribution is 1.97. The number of hydrogen-bond acceptors (Lipinski definition) is 4. The lowest BCUT2D eigenvalue weighted by Crippen LogP contribution is -2.27. The zero-order valence-corrected chi connectivity index (χ0v) is 12.7. The van der Waals surface area contributed by atoms with Crippen LogP contribution in [0.2, 0.25) is 0 Å². The van der Waals surface area contributed by atoms with Crippen molar-refractivity contribution in [2.45, 2.75) is 39.5 Å². The van der Waals surface area contributed by atoms with Gasteiger partial charge >= 0.3 is 0 Å². The monoisotopic (exact) mass is 288 g/mol. The van der Waals surface area contributed by atoms with Crippen LogP contribution in [-0.4, -0.2) is 51.3 Å². The topological polar surface area (TPSA) is 76.7 Å². The van der Waals surface area contributed by atoms with Gasteiger partial charge in [-0.05, 0) is 6.42 Å². The van der Waals surface area contributed by atoms with Gasteiger partial charge in [0.05, 0.1) is 26.4 Å². The Morgan fingerprint density at radius 1 is 0.900 bits per heavy atom. The average Bonchev–Trinajstić information content (AvgIpc) is 2.41. The molecule has 0 spiro atoms. The van der Waals surface area contributed by atoms with Crippen molar-refractivity contribution in [3.05, 3.63) is 0 Å². The first kappa shape index (κ1) is 18.9. The van der Waals surface area contributed by atoms with Gasteiger partial charge in [-0.2, -0.15) is 0 Å². The fourth-order valence-electron chi connectivity index (χ4n) is 1.51. The number of hydrogen-bond donors (Lipinski definition) is 2. The molecule has 0 saturated heterocycles. The first-order valence-corrected chi connectivity index (χ1v) is 7.33. The normalized spacial score (nSPS) is 10.3. The van der Waals surface area contributed by atoms with Crippen LogP contribution in [0.3, 0.4) is 0 Å². The molecule has 0 aromatic rings. The summed E-state index contributed by atoms with van der Waals surface area (Å²) in [6.07, 6.45) is 3.77. The summed E-state index contributed by atoms with van der Waals surface area (Å²) < 4.78 is 10.6. The molecule has 0 aromatic heterocycles. The van der Waals surface area contributed by atoms with E-state index in [4.69, 9.17) is 9.47 Å². The van der Waals surface area contributed by atoms with E-state index >= 15 is 0 Å². The van der Waals surface area contributed by atoms with E-state index in [1.54, 1.807) is 0 Å². The predicted octanol–water partition coefficient (Wildman–Crippen LogP) is 0.852. The highest BCUT2D eigenvalue weighted by molar-refractivity contribution is 5.75. The first-order valence-electron chi connectivity index (χ1n) is 7.33. The molecule has 0 bridgehead atoms. The number of rotatable bonds is 13. The van der Waals surface area contributed by atoms with Gasteiger partial charge in [0.2, 0.25) is 11.8 Å². The summed E-state index contributed by atoms with van der Waals surface area (Å²) in [5.41, 5.74) is 0. The number of ether oxygens (including phenoxy) is 2. The highest BCUT2D eigenvalue weighted by atomic mass is 16.5. The molecule has 0 aliphatic heterocycles. The Morgan fingerprint density at radius 2 is 1.50 bits per heavy atom. The first-order chi connectivity index (χ1) is 9.66. The predicted molar refractivity (Wildman–Crippen MR) is 77.5 cm³/mol. The number of carbonyl (C=O) groups is 2. The van der Waals surface area contributed by atoms with Gasteiger partial charge in [0.25, 0.3) is 0 Å². The van der Waals surface area contributed by atoms with Crippen molar-refractivity contribution in [2.24, 2.45) is 0 Å². The van der Waals surface area contributed by atoms with Gasteiger partial charge < -0.3 is 20.1 Å². The second-order valence-corrected chi connectivity index (χ2v) is 4.51. The van der Waals surface area contributed by atoms with Crippen molar-refractivity contribution in [1.82, 2.24) is 10.6 Å². The minimum absolute atomic E-state index is 0.0560. The van der Waals surface area contributed by atoms with Crippen LogP contribution in [0.1, 0.15) is 39.5 Å². The Kier molecular flexibility index (Phi) is 13.5. The van der Waals surface area contributed by atoms with Crippen molar-refractivity contribution in [1.29, 1.82) is 0 Å². The molecule has 118 valence electrons.